The van der Waals surface area contributed by atoms with Gasteiger partial charge < -0.3 is 20.3 Å². The molecule has 0 aliphatic carbocycles. The maximum Gasteiger partial charge on any atom is 0.255 e. The van der Waals surface area contributed by atoms with Crippen LogP contribution in [-0.2, 0) is 0 Å². The summed E-state index contributed by atoms with van der Waals surface area (Å²) in [5.74, 6) is 0.395. The summed E-state index contributed by atoms with van der Waals surface area (Å²) in [5, 5.41) is 6.64. The number of nitrogens with zero attached hydrogens (tertiary/aromatic N) is 1. The van der Waals surface area contributed by atoms with Crippen molar-refractivity contribution in [3.05, 3.63) is 22.7 Å². The Kier molecular flexibility index (Phi) is 6.54. The van der Waals surface area contributed by atoms with E-state index in [0.717, 1.165) is 38.2 Å². The third-order valence-electron chi connectivity index (χ3n) is 4.34. The van der Waals surface area contributed by atoms with Gasteiger partial charge in [0.2, 0.25) is 0 Å². The molecule has 1 aromatic carbocycles. The first-order valence-corrected chi connectivity index (χ1v) is 8.55. The van der Waals surface area contributed by atoms with Gasteiger partial charge in [0.25, 0.3) is 5.91 Å². The van der Waals surface area contributed by atoms with Crippen LogP contribution in [0.1, 0.15) is 36.5 Å². The molecule has 0 spiro atoms. The van der Waals surface area contributed by atoms with E-state index >= 15 is 0 Å². The van der Waals surface area contributed by atoms with Gasteiger partial charge in [-0.2, -0.15) is 0 Å². The molecule has 1 saturated heterocycles. The summed E-state index contributed by atoms with van der Waals surface area (Å²) in [5.41, 5.74) is 1.22. The van der Waals surface area contributed by atoms with Gasteiger partial charge in [0.05, 0.1) is 23.4 Å². The zero-order valence-electron chi connectivity index (χ0n) is 14.1. The van der Waals surface area contributed by atoms with Gasteiger partial charge in [-0.15, -0.1) is 0 Å². The van der Waals surface area contributed by atoms with E-state index in [1.807, 2.05) is 0 Å². The number of carbonyl (C=O) groups excluding carboxylic acids is 1. The van der Waals surface area contributed by atoms with Crippen molar-refractivity contribution < 1.29 is 9.53 Å². The SMILES string of the molecule is CCN1CCCC[C@@H](NC(=O)c2cc(Cl)c(NC)cc2OC)C1. The number of amides is 1. The number of anilines is 1. The Hall–Kier alpha value is -1.46. The Morgan fingerprint density at radius 1 is 1.43 bits per heavy atom. The number of hydrogen-bond acceptors (Lipinski definition) is 4. The first-order valence-electron chi connectivity index (χ1n) is 8.17. The van der Waals surface area contributed by atoms with Gasteiger partial charge in [0, 0.05) is 25.7 Å². The second-order valence-electron chi connectivity index (χ2n) is 5.84. The molecule has 0 bridgehead atoms. The fourth-order valence-electron chi connectivity index (χ4n) is 2.98. The maximum absolute atomic E-state index is 12.7. The maximum atomic E-state index is 12.7. The summed E-state index contributed by atoms with van der Waals surface area (Å²) in [7, 11) is 3.34. The van der Waals surface area contributed by atoms with Crippen molar-refractivity contribution >= 4 is 23.2 Å². The van der Waals surface area contributed by atoms with Gasteiger partial charge >= 0.3 is 0 Å². The molecule has 0 radical (unpaired) electrons. The molecule has 1 aliphatic rings. The van der Waals surface area contributed by atoms with Gasteiger partial charge in [-0.25, -0.2) is 0 Å². The predicted molar refractivity (Wildman–Crippen MR) is 94.8 cm³/mol. The topological polar surface area (TPSA) is 53.6 Å². The normalized spacial score (nSPS) is 19.0. The van der Waals surface area contributed by atoms with E-state index in [4.69, 9.17) is 16.3 Å². The summed E-state index contributed by atoms with van der Waals surface area (Å²) in [6, 6.07) is 3.58. The molecule has 0 unspecified atom stereocenters. The average molecular weight is 340 g/mol. The second-order valence-corrected chi connectivity index (χ2v) is 6.25. The first kappa shape index (κ1) is 17.9. The van der Waals surface area contributed by atoms with Gasteiger partial charge in [-0.1, -0.05) is 24.9 Å². The quantitative estimate of drug-likeness (QED) is 0.866. The van der Waals surface area contributed by atoms with Crippen molar-refractivity contribution in [3.8, 4) is 5.75 Å². The van der Waals surface area contributed by atoms with Gasteiger partial charge in [-0.3, -0.25) is 4.79 Å². The third-order valence-corrected chi connectivity index (χ3v) is 4.65. The van der Waals surface area contributed by atoms with Crippen LogP contribution < -0.4 is 15.4 Å². The molecular weight excluding hydrogens is 314 g/mol. The first-order chi connectivity index (χ1) is 11.1. The van der Waals surface area contributed by atoms with E-state index in [2.05, 4.69) is 22.5 Å². The number of likely N-dealkylation sites (tertiary alicyclic amines) is 1. The summed E-state index contributed by atoms with van der Waals surface area (Å²) < 4.78 is 5.35. The number of methoxy groups -OCH3 is 1. The van der Waals surface area contributed by atoms with Crippen LogP contribution in [0.15, 0.2) is 12.1 Å². The second kappa shape index (κ2) is 8.41. The lowest BCUT2D eigenvalue weighted by molar-refractivity contribution is 0.0924. The Morgan fingerprint density at radius 2 is 2.22 bits per heavy atom. The number of benzene rings is 1. The molecule has 1 amide bonds. The number of halogens is 1. The van der Waals surface area contributed by atoms with Gasteiger partial charge in [0.15, 0.2) is 0 Å². The summed E-state index contributed by atoms with van der Waals surface area (Å²) in [6.45, 7) is 5.17. The number of rotatable bonds is 5. The molecule has 0 aromatic heterocycles. The van der Waals surface area contributed by atoms with Crippen molar-refractivity contribution in [1.29, 1.82) is 0 Å². The van der Waals surface area contributed by atoms with Crippen molar-refractivity contribution in [2.45, 2.75) is 32.2 Å². The molecule has 1 aliphatic heterocycles. The minimum Gasteiger partial charge on any atom is -0.496 e. The number of likely N-dealkylation sites (N-methyl/N-ethyl adjacent to an activating group) is 1. The molecular formula is C17H26ClN3O2. The molecule has 0 saturated carbocycles. The average Bonchev–Trinajstić information content (AvgIpc) is 2.79. The number of nitrogens with one attached hydrogen (secondary N) is 2. The largest absolute Gasteiger partial charge is 0.496 e. The number of hydrogen-bond donors (Lipinski definition) is 2. The van der Waals surface area contributed by atoms with Crippen molar-refractivity contribution in [2.75, 3.05) is 39.1 Å². The van der Waals surface area contributed by atoms with Crippen molar-refractivity contribution in [3.63, 3.8) is 0 Å². The molecule has 2 N–H and O–H groups in total. The van der Waals surface area contributed by atoms with E-state index in [1.54, 1.807) is 26.3 Å². The Bertz CT molecular complexity index is 551. The summed E-state index contributed by atoms with van der Waals surface area (Å²) in [6.07, 6.45) is 3.33. The lowest BCUT2D eigenvalue weighted by Crippen LogP contribution is -2.42. The highest BCUT2D eigenvalue weighted by atomic mass is 35.5. The third kappa shape index (κ3) is 4.52. The number of carbonyl (C=O) groups is 1. The van der Waals surface area contributed by atoms with Gasteiger partial charge in [0.1, 0.15) is 5.75 Å². The Balaban J connectivity index is 2.15. The Labute approximate surface area is 143 Å². The molecule has 2 rings (SSSR count). The van der Waals surface area contributed by atoms with Crippen LogP contribution >= 0.6 is 11.6 Å². The fraction of sp³-hybridized carbons (Fsp3) is 0.588. The molecule has 1 aromatic rings. The van der Waals surface area contributed by atoms with Gasteiger partial charge in [-0.05, 0) is 32.0 Å². The van der Waals surface area contributed by atoms with Crippen LogP contribution in [0.25, 0.3) is 0 Å². The molecule has 23 heavy (non-hydrogen) atoms. The van der Waals surface area contributed by atoms with Crippen LogP contribution in [0.3, 0.4) is 0 Å². The standard InChI is InChI=1S/C17H26ClN3O2/c1-4-21-8-6-5-7-12(11-21)20-17(22)13-9-14(18)15(19-2)10-16(13)23-3/h9-10,12,19H,4-8,11H2,1-3H3,(H,20,22)/t12-/m1/s1. The van der Waals surface area contributed by atoms with E-state index in [9.17, 15) is 4.79 Å². The van der Waals surface area contributed by atoms with Crippen molar-refractivity contribution in [2.24, 2.45) is 0 Å². The van der Waals surface area contributed by atoms with E-state index in [-0.39, 0.29) is 11.9 Å². The minimum absolute atomic E-state index is 0.130. The zero-order chi connectivity index (χ0) is 16.8. The Morgan fingerprint density at radius 3 is 2.87 bits per heavy atom. The molecule has 6 heteroatoms. The molecule has 1 fully saturated rings. The number of ether oxygens (including phenoxy) is 1. The smallest absolute Gasteiger partial charge is 0.255 e. The van der Waals surface area contributed by atoms with E-state index < -0.39 is 0 Å². The van der Waals surface area contributed by atoms with E-state index in [1.165, 1.54) is 6.42 Å². The predicted octanol–water partition coefficient (Wildman–Crippen LogP) is 2.99. The van der Waals surface area contributed by atoms with Crippen molar-refractivity contribution in [1.82, 2.24) is 10.2 Å². The zero-order valence-corrected chi connectivity index (χ0v) is 14.9. The van der Waals surface area contributed by atoms with Crippen LogP contribution in [-0.4, -0.2) is 50.6 Å². The highest BCUT2D eigenvalue weighted by Crippen LogP contribution is 2.30. The highest BCUT2D eigenvalue weighted by Gasteiger charge is 2.22. The summed E-state index contributed by atoms with van der Waals surface area (Å²) >= 11 is 6.21. The molecule has 1 heterocycles. The molecule has 5 nitrogen and oxygen atoms in total. The molecule has 128 valence electrons. The van der Waals surface area contributed by atoms with Crippen LogP contribution in [0, 0.1) is 0 Å². The summed E-state index contributed by atoms with van der Waals surface area (Å²) in [4.78, 5) is 15.0. The minimum atomic E-state index is -0.130. The monoisotopic (exact) mass is 339 g/mol. The van der Waals surface area contributed by atoms with Crippen LogP contribution in [0.4, 0.5) is 5.69 Å². The molecule has 1 atom stereocenters. The van der Waals surface area contributed by atoms with Crippen LogP contribution in [0.2, 0.25) is 5.02 Å². The van der Waals surface area contributed by atoms with Crippen LogP contribution in [0.5, 0.6) is 5.75 Å². The van der Waals surface area contributed by atoms with E-state index in [0.29, 0.717) is 16.3 Å². The lowest BCUT2D eigenvalue weighted by Gasteiger charge is -2.24. The lowest BCUT2D eigenvalue weighted by atomic mass is 10.1. The highest BCUT2D eigenvalue weighted by molar-refractivity contribution is 6.33. The fourth-order valence-corrected chi connectivity index (χ4v) is 3.24.